The number of thiophene rings is 1. The molecule has 3 nitrogen and oxygen atoms in total. The SMILES string of the molecule is CC(NCc1cnc2ccsc2c1)C(O)Cc1ccccc1. The molecular weight excluding hydrogens is 292 g/mol. The normalized spacial score (nSPS) is 14.1. The van der Waals surface area contributed by atoms with Crippen molar-refractivity contribution in [3.8, 4) is 0 Å². The van der Waals surface area contributed by atoms with Crippen LogP contribution in [0.25, 0.3) is 10.2 Å². The molecule has 2 heterocycles. The van der Waals surface area contributed by atoms with E-state index in [1.54, 1.807) is 11.3 Å². The molecule has 0 amide bonds. The van der Waals surface area contributed by atoms with Crippen molar-refractivity contribution >= 4 is 21.6 Å². The molecule has 1 aromatic carbocycles. The fraction of sp³-hybridized carbons (Fsp3) is 0.278. The summed E-state index contributed by atoms with van der Waals surface area (Å²) in [4.78, 5) is 4.44. The molecule has 3 aromatic rings. The zero-order valence-corrected chi connectivity index (χ0v) is 13.4. The minimum Gasteiger partial charge on any atom is -0.391 e. The maximum atomic E-state index is 10.3. The van der Waals surface area contributed by atoms with Crippen molar-refractivity contribution in [1.29, 1.82) is 0 Å². The van der Waals surface area contributed by atoms with Gasteiger partial charge < -0.3 is 10.4 Å². The number of hydrogen-bond donors (Lipinski definition) is 2. The Balaban J connectivity index is 1.55. The molecule has 2 unspecified atom stereocenters. The Bertz CT molecular complexity index is 726. The van der Waals surface area contributed by atoms with Crippen LogP contribution in [0.5, 0.6) is 0 Å². The lowest BCUT2D eigenvalue weighted by atomic mass is 10.0. The highest BCUT2D eigenvalue weighted by Gasteiger charge is 2.14. The van der Waals surface area contributed by atoms with E-state index in [0.29, 0.717) is 13.0 Å². The van der Waals surface area contributed by atoms with Gasteiger partial charge in [0.1, 0.15) is 0 Å². The highest BCUT2D eigenvalue weighted by atomic mass is 32.1. The lowest BCUT2D eigenvalue weighted by Crippen LogP contribution is -2.38. The monoisotopic (exact) mass is 312 g/mol. The number of pyridine rings is 1. The third kappa shape index (κ3) is 3.71. The van der Waals surface area contributed by atoms with Gasteiger partial charge in [-0.3, -0.25) is 4.98 Å². The van der Waals surface area contributed by atoms with Crippen LogP contribution in [0.2, 0.25) is 0 Å². The quantitative estimate of drug-likeness (QED) is 0.733. The van der Waals surface area contributed by atoms with Gasteiger partial charge in [0, 0.05) is 18.8 Å². The predicted octanol–water partition coefficient (Wildman–Crippen LogP) is 3.38. The Morgan fingerprint density at radius 1 is 1.18 bits per heavy atom. The lowest BCUT2D eigenvalue weighted by Gasteiger charge is -2.20. The minimum atomic E-state index is -0.402. The Morgan fingerprint density at radius 2 is 2.00 bits per heavy atom. The van der Waals surface area contributed by atoms with Crippen LogP contribution >= 0.6 is 11.3 Å². The average Bonchev–Trinajstić information content (AvgIpc) is 3.01. The van der Waals surface area contributed by atoms with Gasteiger partial charge in [0.2, 0.25) is 0 Å². The predicted molar refractivity (Wildman–Crippen MR) is 92.1 cm³/mol. The first-order valence-electron chi connectivity index (χ1n) is 7.50. The van der Waals surface area contributed by atoms with Crippen molar-refractivity contribution in [2.45, 2.75) is 32.0 Å². The molecule has 2 aromatic heterocycles. The van der Waals surface area contributed by atoms with Gasteiger partial charge in [-0.1, -0.05) is 30.3 Å². The smallest absolute Gasteiger partial charge is 0.0809 e. The summed E-state index contributed by atoms with van der Waals surface area (Å²) in [5.74, 6) is 0. The molecule has 2 N–H and O–H groups in total. The second kappa shape index (κ2) is 7.01. The first-order chi connectivity index (χ1) is 10.7. The van der Waals surface area contributed by atoms with Crippen LogP contribution in [0.4, 0.5) is 0 Å². The topological polar surface area (TPSA) is 45.2 Å². The third-order valence-corrected chi connectivity index (χ3v) is 4.71. The van der Waals surface area contributed by atoms with E-state index < -0.39 is 6.10 Å². The molecule has 4 heteroatoms. The van der Waals surface area contributed by atoms with Gasteiger partial charge in [0.25, 0.3) is 0 Å². The zero-order chi connectivity index (χ0) is 15.4. The standard InChI is InChI=1S/C18H20N2OS/c1-13(17(21)9-14-5-3-2-4-6-14)19-11-15-10-18-16(20-12-15)7-8-22-18/h2-8,10,12-13,17,19,21H,9,11H2,1H3. The van der Waals surface area contributed by atoms with Crippen LogP contribution in [0.1, 0.15) is 18.1 Å². The summed E-state index contributed by atoms with van der Waals surface area (Å²) in [6, 6.07) is 14.3. The van der Waals surface area contributed by atoms with Crippen LogP contribution in [0.15, 0.2) is 54.0 Å². The third-order valence-electron chi connectivity index (χ3n) is 3.85. The summed E-state index contributed by atoms with van der Waals surface area (Å²) in [6.45, 7) is 2.73. The summed E-state index contributed by atoms with van der Waals surface area (Å²) in [6.07, 6.45) is 2.16. The maximum absolute atomic E-state index is 10.3. The van der Waals surface area contributed by atoms with E-state index in [1.807, 2.05) is 49.5 Å². The first kappa shape index (κ1) is 15.2. The second-order valence-corrected chi connectivity index (χ2v) is 6.52. The molecule has 0 bridgehead atoms. The molecule has 0 saturated carbocycles. The zero-order valence-electron chi connectivity index (χ0n) is 12.6. The molecule has 114 valence electrons. The molecule has 3 rings (SSSR count). The van der Waals surface area contributed by atoms with Crippen LogP contribution in [-0.4, -0.2) is 22.2 Å². The van der Waals surface area contributed by atoms with Gasteiger partial charge in [-0.05, 0) is 42.0 Å². The lowest BCUT2D eigenvalue weighted by molar-refractivity contribution is 0.134. The molecular formula is C18H20N2OS. The largest absolute Gasteiger partial charge is 0.391 e. The number of fused-ring (bicyclic) bond motifs is 1. The number of aliphatic hydroxyl groups excluding tert-OH is 1. The highest BCUT2D eigenvalue weighted by Crippen LogP contribution is 2.19. The van der Waals surface area contributed by atoms with Gasteiger partial charge in [-0.25, -0.2) is 0 Å². The number of rotatable bonds is 6. The Hall–Kier alpha value is -1.75. The fourth-order valence-electron chi connectivity index (χ4n) is 2.43. The molecule has 2 atom stereocenters. The Morgan fingerprint density at radius 3 is 2.82 bits per heavy atom. The molecule has 0 fully saturated rings. The summed E-state index contributed by atoms with van der Waals surface area (Å²) >= 11 is 1.70. The summed E-state index contributed by atoms with van der Waals surface area (Å²) in [5, 5.41) is 15.8. The molecule has 0 radical (unpaired) electrons. The first-order valence-corrected chi connectivity index (χ1v) is 8.38. The number of benzene rings is 1. The van der Waals surface area contributed by atoms with Crippen molar-refractivity contribution in [1.82, 2.24) is 10.3 Å². The minimum absolute atomic E-state index is 0.0271. The van der Waals surface area contributed by atoms with Gasteiger partial charge >= 0.3 is 0 Å². The van der Waals surface area contributed by atoms with E-state index >= 15 is 0 Å². The van der Waals surface area contributed by atoms with Gasteiger partial charge in [-0.2, -0.15) is 0 Å². The van der Waals surface area contributed by atoms with E-state index in [-0.39, 0.29) is 6.04 Å². The van der Waals surface area contributed by atoms with Gasteiger partial charge in [0.05, 0.1) is 16.3 Å². The van der Waals surface area contributed by atoms with Gasteiger partial charge in [0.15, 0.2) is 0 Å². The summed E-state index contributed by atoms with van der Waals surface area (Å²) in [7, 11) is 0. The molecule has 22 heavy (non-hydrogen) atoms. The van der Waals surface area contributed by atoms with Crippen LogP contribution in [0.3, 0.4) is 0 Å². The highest BCUT2D eigenvalue weighted by molar-refractivity contribution is 7.17. The molecule has 0 aliphatic rings. The number of aliphatic hydroxyl groups is 1. The van der Waals surface area contributed by atoms with Crippen molar-refractivity contribution in [3.05, 3.63) is 65.2 Å². The summed E-state index contributed by atoms with van der Waals surface area (Å²) in [5.41, 5.74) is 3.35. The molecule has 0 aliphatic carbocycles. The van der Waals surface area contributed by atoms with Crippen LogP contribution in [-0.2, 0) is 13.0 Å². The van der Waals surface area contributed by atoms with Crippen molar-refractivity contribution in [3.63, 3.8) is 0 Å². The van der Waals surface area contributed by atoms with E-state index in [0.717, 1.165) is 16.6 Å². The second-order valence-electron chi connectivity index (χ2n) is 5.57. The van der Waals surface area contributed by atoms with E-state index in [2.05, 4.69) is 21.7 Å². The summed E-state index contributed by atoms with van der Waals surface area (Å²) < 4.78 is 1.21. The van der Waals surface area contributed by atoms with Crippen LogP contribution in [0, 0.1) is 0 Å². The fourth-order valence-corrected chi connectivity index (χ4v) is 3.24. The number of nitrogens with zero attached hydrogens (tertiary/aromatic N) is 1. The van der Waals surface area contributed by atoms with E-state index in [9.17, 15) is 5.11 Å². The molecule has 0 saturated heterocycles. The maximum Gasteiger partial charge on any atom is 0.0809 e. The van der Waals surface area contributed by atoms with E-state index in [1.165, 1.54) is 4.70 Å². The number of nitrogens with one attached hydrogen (secondary N) is 1. The Labute approximate surface area is 134 Å². The van der Waals surface area contributed by atoms with Crippen molar-refractivity contribution in [2.75, 3.05) is 0 Å². The van der Waals surface area contributed by atoms with Crippen molar-refractivity contribution in [2.24, 2.45) is 0 Å². The Kier molecular flexibility index (Phi) is 4.83. The average molecular weight is 312 g/mol. The molecule has 0 spiro atoms. The molecule has 0 aliphatic heterocycles. The van der Waals surface area contributed by atoms with E-state index in [4.69, 9.17) is 0 Å². The van der Waals surface area contributed by atoms with Crippen LogP contribution < -0.4 is 5.32 Å². The number of hydrogen-bond acceptors (Lipinski definition) is 4. The van der Waals surface area contributed by atoms with Gasteiger partial charge in [-0.15, -0.1) is 11.3 Å². The number of aromatic nitrogens is 1. The van der Waals surface area contributed by atoms with Crippen molar-refractivity contribution < 1.29 is 5.11 Å².